The van der Waals surface area contributed by atoms with E-state index in [1.165, 1.54) is 61.0 Å². The third-order valence-corrected chi connectivity index (χ3v) is 23.6. The fourth-order valence-corrected chi connectivity index (χ4v) is 23.8. The van der Waals surface area contributed by atoms with E-state index < -0.39 is 24.0 Å². The first-order chi connectivity index (χ1) is 15.0. The van der Waals surface area contributed by atoms with E-state index in [1.54, 1.807) is 0 Å². The Morgan fingerprint density at radius 1 is 1.00 bits per heavy atom. The number of hydrogen-bond donors (Lipinski definition) is 2. The van der Waals surface area contributed by atoms with E-state index in [0.717, 1.165) is 32.5 Å². The average Bonchev–Trinajstić information content (AvgIpc) is 2.78. The van der Waals surface area contributed by atoms with Crippen LogP contribution in [0.1, 0.15) is 77.7 Å². The van der Waals surface area contributed by atoms with Crippen molar-refractivity contribution in [1.29, 1.82) is 0 Å². The van der Waals surface area contributed by atoms with E-state index >= 15 is 0 Å². The number of benzene rings is 1. The minimum absolute atomic E-state index is 0.0688. The molecule has 0 saturated carbocycles. The summed E-state index contributed by atoms with van der Waals surface area (Å²) < 4.78 is 5.35. The summed E-state index contributed by atoms with van der Waals surface area (Å²) in [7, 11) is 0. The van der Waals surface area contributed by atoms with Gasteiger partial charge in [0.2, 0.25) is 0 Å². The minimum atomic E-state index is -2.83. The summed E-state index contributed by atoms with van der Waals surface area (Å²) in [6.07, 6.45) is 11.5. The van der Waals surface area contributed by atoms with Crippen LogP contribution in [0.25, 0.3) is 0 Å². The van der Waals surface area contributed by atoms with Gasteiger partial charge in [0, 0.05) is 0 Å². The van der Waals surface area contributed by atoms with Gasteiger partial charge < -0.3 is 0 Å². The van der Waals surface area contributed by atoms with Crippen molar-refractivity contribution in [3.63, 3.8) is 0 Å². The van der Waals surface area contributed by atoms with Gasteiger partial charge in [-0.1, -0.05) is 0 Å². The Kier molecular flexibility index (Phi) is 12.2. The van der Waals surface area contributed by atoms with Crippen LogP contribution in [0.15, 0.2) is 40.0 Å². The molecule has 2 rings (SSSR count). The molecule has 0 spiro atoms. The zero-order valence-electron chi connectivity index (χ0n) is 20.4. The van der Waals surface area contributed by atoms with E-state index in [-0.39, 0.29) is 6.61 Å². The van der Waals surface area contributed by atoms with Gasteiger partial charge in [-0.15, -0.1) is 0 Å². The normalized spacial score (nSPS) is 20.9. The van der Waals surface area contributed by atoms with Gasteiger partial charge in [-0.3, -0.25) is 0 Å². The Hall–Kier alpha value is -0.361. The summed E-state index contributed by atoms with van der Waals surface area (Å²) in [5, 5.41) is 22.2. The molecule has 31 heavy (non-hydrogen) atoms. The Bertz CT molecular complexity index is 626. The molecule has 1 heterocycles. The second kappa shape index (κ2) is 14.0. The Labute approximate surface area is 195 Å². The predicted molar refractivity (Wildman–Crippen MR) is 136 cm³/mol. The van der Waals surface area contributed by atoms with Gasteiger partial charge in [0.25, 0.3) is 0 Å². The van der Waals surface area contributed by atoms with Crippen molar-refractivity contribution in [2.24, 2.45) is 0 Å². The molecule has 1 aliphatic heterocycles. The zero-order chi connectivity index (χ0) is 22.6. The first-order valence-corrected chi connectivity index (χ1v) is 20.3. The van der Waals surface area contributed by atoms with Crippen LogP contribution in [0.3, 0.4) is 0 Å². The number of rotatable bonds is 14. The second-order valence-electron chi connectivity index (χ2n) is 9.72. The van der Waals surface area contributed by atoms with Gasteiger partial charge in [-0.05, 0) is 0 Å². The van der Waals surface area contributed by atoms with Gasteiger partial charge in [-0.25, -0.2) is 0 Å². The number of likely N-dealkylation sites (tertiary alicyclic amines) is 1. The molecule has 0 aromatic heterocycles. The Morgan fingerprint density at radius 3 is 2.10 bits per heavy atom. The van der Waals surface area contributed by atoms with Gasteiger partial charge in [-0.2, -0.15) is 0 Å². The van der Waals surface area contributed by atoms with Crippen LogP contribution in [0.4, 0.5) is 0 Å². The van der Waals surface area contributed by atoms with E-state index in [2.05, 4.69) is 62.1 Å². The Balaban J connectivity index is 2.35. The summed E-state index contributed by atoms with van der Waals surface area (Å²) in [6, 6.07) is 10.6. The van der Waals surface area contributed by atoms with E-state index in [9.17, 15) is 10.2 Å². The van der Waals surface area contributed by atoms with Gasteiger partial charge in [0.1, 0.15) is 0 Å². The number of piperidine rings is 1. The molecule has 2 N–H and O–H groups in total. The van der Waals surface area contributed by atoms with Crippen molar-refractivity contribution in [2.45, 2.75) is 97.6 Å². The Morgan fingerprint density at radius 2 is 1.58 bits per heavy atom. The standard InChI is InChI=1S/C15H20NO2.3C4H9.Sn/c17-11-5-9-15(18)8-4-10-16(13-15)12-14-6-2-1-3-7-14;3*1-3-4-2;/h1-3,5-7,17-18H,4,8,10-13H2;3*1,3-4H2,2H3;. The first-order valence-electron chi connectivity index (χ1n) is 12.8. The maximum absolute atomic E-state index is 12.2. The maximum atomic E-state index is 12.2. The van der Waals surface area contributed by atoms with Crippen molar-refractivity contribution >= 4 is 18.4 Å². The van der Waals surface area contributed by atoms with Crippen LogP contribution < -0.4 is 0 Å². The van der Waals surface area contributed by atoms with Crippen molar-refractivity contribution in [3.8, 4) is 0 Å². The van der Waals surface area contributed by atoms with Crippen LogP contribution in [0.5, 0.6) is 0 Å². The van der Waals surface area contributed by atoms with Crippen molar-refractivity contribution < 1.29 is 10.2 Å². The molecule has 1 saturated heterocycles. The fourth-order valence-electron chi connectivity index (χ4n) is 5.64. The molecule has 176 valence electrons. The van der Waals surface area contributed by atoms with Gasteiger partial charge in [0.15, 0.2) is 0 Å². The van der Waals surface area contributed by atoms with Gasteiger partial charge in [0.05, 0.1) is 0 Å². The van der Waals surface area contributed by atoms with Crippen LogP contribution in [0.2, 0.25) is 13.3 Å². The summed E-state index contributed by atoms with van der Waals surface area (Å²) in [4.78, 5) is 2.44. The molecule has 1 aromatic rings. The van der Waals surface area contributed by atoms with Crippen molar-refractivity contribution in [1.82, 2.24) is 4.90 Å². The van der Waals surface area contributed by atoms with Crippen LogP contribution >= 0.6 is 0 Å². The van der Waals surface area contributed by atoms with Crippen LogP contribution in [-0.2, 0) is 6.54 Å². The van der Waals surface area contributed by atoms with Crippen molar-refractivity contribution in [2.75, 3.05) is 19.7 Å². The molecule has 1 atom stereocenters. The summed E-state index contributed by atoms with van der Waals surface area (Å²) in [6.45, 7) is 9.62. The quantitative estimate of drug-likeness (QED) is 0.274. The van der Waals surface area contributed by atoms with E-state index in [0.29, 0.717) is 0 Å². The molecule has 1 aliphatic rings. The third kappa shape index (κ3) is 7.87. The molecular formula is C27H47NO2Sn. The van der Waals surface area contributed by atoms with Crippen molar-refractivity contribution in [3.05, 3.63) is 45.6 Å². The number of hydrogen-bond acceptors (Lipinski definition) is 3. The summed E-state index contributed by atoms with van der Waals surface area (Å²) >= 11 is -2.83. The van der Waals surface area contributed by atoms with Crippen LogP contribution in [0, 0.1) is 0 Å². The molecule has 1 fully saturated rings. The number of aliphatic hydroxyl groups excluding tert-OH is 1. The fraction of sp³-hybridized carbons (Fsp3) is 0.704. The van der Waals surface area contributed by atoms with E-state index in [4.69, 9.17) is 0 Å². The number of unbranched alkanes of at least 4 members (excludes halogenated alkanes) is 3. The molecule has 4 heteroatoms. The number of β-amino-alcohol motifs (C(OH)–C–C–N with tert-alkyl or cyclic N) is 1. The summed E-state index contributed by atoms with van der Waals surface area (Å²) in [5.41, 5.74) is 0.568. The molecular weight excluding hydrogens is 489 g/mol. The second-order valence-corrected chi connectivity index (χ2v) is 22.8. The van der Waals surface area contributed by atoms with Crippen LogP contribution in [-0.4, -0.2) is 58.8 Å². The van der Waals surface area contributed by atoms with E-state index in [1.807, 2.05) is 0 Å². The monoisotopic (exact) mass is 537 g/mol. The molecule has 0 bridgehead atoms. The molecule has 0 radical (unpaired) electrons. The SMILES string of the molecule is CCC[CH2][Sn]([CH2]CCC)([CH2]CCC)[C](=CCO)C1(O)CCCN(Cc2ccccc2)C1. The third-order valence-electron chi connectivity index (χ3n) is 7.19. The first kappa shape index (κ1) is 26.9. The molecule has 0 aliphatic carbocycles. The molecule has 1 unspecified atom stereocenters. The summed E-state index contributed by atoms with van der Waals surface area (Å²) in [5.74, 6) is 0. The molecule has 1 aromatic carbocycles. The predicted octanol–water partition coefficient (Wildman–Crippen LogP) is 6.32. The number of aliphatic hydroxyl groups is 2. The topological polar surface area (TPSA) is 43.7 Å². The zero-order valence-corrected chi connectivity index (χ0v) is 23.3. The molecule has 0 amide bonds. The van der Waals surface area contributed by atoms with Gasteiger partial charge >= 0.3 is 196 Å². The number of nitrogens with zero attached hydrogens (tertiary/aromatic N) is 1. The average molecular weight is 536 g/mol. The molecule has 3 nitrogen and oxygen atoms in total.